The molecule has 0 unspecified atom stereocenters. The lowest BCUT2D eigenvalue weighted by molar-refractivity contribution is 0.0531. The summed E-state index contributed by atoms with van der Waals surface area (Å²) in [6, 6.07) is 2.05. The summed E-state index contributed by atoms with van der Waals surface area (Å²) >= 11 is 3.88. The number of esters is 1. The van der Waals surface area contributed by atoms with Gasteiger partial charge < -0.3 is 15.8 Å². The zero-order valence-corrected chi connectivity index (χ0v) is 14.3. The molecule has 0 bridgehead atoms. The van der Waals surface area contributed by atoms with E-state index in [2.05, 4.69) is 21.6 Å². The number of rotatable bonds is 6. The number of nitrogen functional groups attached to an aromatic ring is 1. The molecule has 0 saturated heterocycles. The highest BCUT2D eigenvalue weighted by atomic mass is 32.2. The van der Waals surface area contributed by atoms with Crippen molar-refractivity contribution in [2.45, 2.75) is 17.0 Å². The van der Waals surface area contributed by atoms with E-state index in [1.54, 1.807) is 14.0 Å². The van der Waals surface area contributed by atoms with Crippen molar-refractivity contribution >= 4 is 50.5 Å². The van der Waals surface area contributed by atoms with Crippen LogP contribution in [-0.2, 0) is 10.5 Å². The number of carbonyl (C=O) groups excluding carboxylic acids is 1. The Morgan fingerprint density at radius 2 is 2.27 bits per heavy atom. The van der Waals surface area contributed by atoms with E-state index in [1.165, 1.54) is 23.1 Å². The molecule has 0 saturated carbocycles. The number of ether oxygens (including phenoxy) is 1. The molecule has 0 spiro atoms. The van der Waals surface area contributed by atoms with Crippen molar-refractivity contribution in [2.75, 3.05) is 24.7 Å². The van der Waals surface area contributed by atoms with E-state index in [0.29, 0.717) is 31.9 Å². The second kappa shape index (κ2) is 7.44. The highest BCUT2D eigenvalue weighted by molar-refractivity contribution is 8.00. The van der Waals surface area contributed by atoms with Crippen molar-refractivity contribution in [1.82, 2.24) is 10.2 Å². The topological polar surface area (TPSA) is 114 Å². The number of aromatic nitrogens is 2. The van der Waals surface area contributed by atoms with Crippen molar-refractivity contribution in [2.24, 2.45) is 0 Å². The van der Waals surface area contributed by atoms with Gasteiger partial charge in [-0.05, 0) is 6.92 Å². The van der Waals surface area contributed by atoms with E-state index in [-0.39, 0.29) is 6.61 Å². The van der Waals surface area contributed by atoms with Crippen LogP contribution >= 0.6 is 34.4 Å². The minimum atomic E-state index is -0.454. The van der Waals surface area contributed by atoms with E-state index in [4.69, 9.17) is 10.5 Å². The molecule has 0 radical (unpaired) electrons. The van der Waals surface area contributed by atoms with Crippen molar-refractivity contribution in [1.29, 1.82) is 5.26 Å². The average molecular weight is 355 g/mol. The standard InChI is InChI=1S/C12H13N5O2S3/c1-3-19-10(18)8-7(6(4-13)9(14)21-8)5-20-12-17-16-11(15-2)22-12/h3,5,14H2,1-2H3,(H,15,16). The summed E-state index contributed by atoms with van der Waals surface area (Å²) in [4.78, 5) is 12.4. The summed E-state index contributed by atoms with van der Waals surface area (Å²) in [6.07, 6.45) is 0. The Kier molecular flexibility index (Phi) is 5.59. The molecule has 0 aliphatic heterocycles. The molecule has 22 heavy (non-hydrogen) atoms. The number of nitrogens with two attached hydrogens (primary N) is 1. The molecule has 2 aromatic rings. The van der Waals surface area contributed by atoms with Gasteiger partial charge in [-0.1, -0.05) is 23.1 Å². The fourth-order valence-corrected chi connectivity index (χ4v) is 4.37. The third-order valence-electron chi connectivity index (χ3n) is 2.57. The Bertz CT molecular complexity index is 719. The first-order valence-corrected chi connectivity index (χ1v) is 8.84. The number of nitrogens with one attached hydrogen (secondary N) is 1. The largest absolute Gasteiger partial charge is 0.462 e. The van der Waals surface area contributed by atoms with E-state index < -0.39 is 5.97 Å². The van der Waals surface area contributed by atoms with Crippen LogP contribution in [0.2, 0.25) is 0 Å². The maximum Gasteiger partial charge on any atom is 0.348 e. The third kappa shape index (κ3) is 3.49. The molecular weight excluding hydrogens is 342 g/mol. The summed E-state index contributed by atoms with van der Waals surface area (Å²) in [7, 11) is 1.77. The zero-order valence-electron chi connectivity index (χ0n) is 11.9. The lowest BCUT2D eigenvalue weighted by Crippen LogP contribution is -2.05. The number of nitriles is 1. The van der Waals surface area contributed by atoms with Gasteiger partial charge in [0.15, 0.2) is 4.34 Å². The third-order valence-corrected chi connectivity index (χ3v) is 5.71. The summed E-state index contributed by atoms with van der Waals surface area (Å²) in [5, 5.41) is 21.1. The lowest BCUT2D eigenvalue weighted by Gasteiger charge is -2.03. The molecule has 10 heteroatoms. The smallest absolute Gasteiger partial charge is 0.348 e. The fraction of sp³-hybridized carbons (Fsp3) is 0.333. The Balaban J connectivity index is 2.24. The van der Waals surface area contributed by atoms with Crippen LogP contribution in [0, 0.1) is 11.3 Å². The molecule has 0 aliphatic carbocycles. The SMILES string of the molecule is CCOC(=O)c1sc(N)c(C#N)c1CSc1nnc(NC)s1. The highest BCUT2D eigenvalue weighted by Gasteiger charge is 2.23. The van der Waals surface area contributed by atoms with Crippen molar-refractivity contribution in [3.8, 4) is 6.07 Å². The Hall–Kier alpha value is -1.83. The minimum Gasteiger partial charge on any atom is -0.462 e. The predicted molar refractivity (Wildman–Crippen MR) is 88.4 cm³/mol. The van der Waals surface area contributed by atoms with Crippen molar-refractivity contribution in [3.63, 3.8) is 0 Å². The number of hydrogen-bond acceptors (Lipinski definition) is 10. The van der Waals surface area contributed by atoms with Crippen LogP contribution in [-0.4, -0.2) is 29.8 Å². The first-order valence-electron chi connectivity index (χ1n) is 6.23. The molecule has 0 aliphatic rings. The molecule has 0 fully saturated rings. The number of hydrogen-bond donors (Lipinski definition) is 2. The van der Waals surface area contributed by atoms with E-state index in [1.807, 2.05) is 0 Å². The van der Waals surface area contributed by atoms with Gasteiger partial charge in [-0.2, -0.15) is 5.26 Å². The van der Waals surface area contributed by atoms with E-state index >= 15 is 0 Å². The summed E-state index contributed by atoms with van der Waals surface area (Å²) in [5.41, 5.74) is 6.75. The van der Waals surface area contributed by atoms with Gasteiger partial charge in [-0.3, -0.25) is 0 Å². The van der Waals surface area contributed by atoms with Gasteiger partial charge in [-0.15, -0.1) is 21.5 Å². The number of thioether (sulfide) groups is 1. The number of anilines is 2. The summed E-state index contributed by atoms with van der Waals surface area (Å²) in [5.74, 6) is -0.0483. The summed E-state index contributed by atoms with van der Waals surface area (Å²) in [6.45, 7) is 2.00. The van der Waals surface area contributed by atoms with Gasteiger partial charge in [0.1, 0.15) is 15.9 Å². The molecule has 7 nitrogen and oxygen atoms in total. The first kappa shape index (κ1) is 16.5. The molecule has 2 heterocycles. The Morgan fingerprint density at radius 3 is 2.86 bits per heavy atom. The van der Waals surface area contributed by atoms with Gasteiger partial charge >= 0.3 is 5.97 Å². The number of nitrogens with zero attached hydrogens (tertiary/aromatic N) is 3. The van der Waals surface area contributed by atoms with Crippen LogP contribution in [0.25, 0.3) is 0 Å². The maximum atomic E-state index is 12.0. The van der Waals surface area contributed by atoms with Crippen LogP contribution in [0.4, 0.5) is 10.1 Å². The molecule has 3 N–H and O–H groups in total. The van der Waals surface area contributed by atoms with Gasteiger partial charge in [0.2, 0.25) is 5.13 Å². The van der Waals surface area contributed by atoms with Crippen LogP contribution in [0.15, 0.2) is 4.34 Å². The van der Waals surface area contributed by atoms with Crippen LogP contribution in [0.1, 0.15) is 27.7 Å². The molecule has 2 rings (SSSR count). The quantitative estimate of drug-likeness (QED) is 0.600. The lowest BCUT2D eigenvalue weighted by atomic mass is 10.2. The van der Waals surface area contributed by atoms with E-state index in [9.17, 15) is 10.1 Å². The van der Waals surface area contributed by atoms with Gasteiger partial charge in [0, 0.05) is 18.4 Å². The second-order valence-electron chi connectivity index (χ2n) is 3.89. The monoisotopic (exact) mass is 355 g/mol. The first-order chi connectivity index (χ1) is 10.6. The normalized spacial score (nSPS) is 10.2. The zero-order chi connectivity index (χ0) is 16.1. The van der Waals surface area contributed by atoms with Gasteiger partial charge in [-0.25, -0.2) is 4.79 Å². The summed E-state index contributed by atoms with van der Waals surface area (Å²) < 4.78 is 5.76. The molecule has 0 aromatic carbocycles. The minimum absolute atomic E-state index is 0.271. The molecule has 0 atom stereocenters. The second-order valence-corrected chi connectivity index (χ2v) is 7.15. The van der Waals surface area contributed by atoms with Crippen LogP contribution in [0.5, 0.6) is 0 Å². The predicted octanol–water partition coefficient (Wildman–Crippen LogP) is 2.56. The van der Waals surface area contributed by atoms with E-state index in [0.717, 1.165) is 15.7 Å². The number of thiophene rings is 1. The molecule has 116 valence electrons. The average Bonchev–Trinajstić information content (AvgIpc) is 3.09. The molecule has 0 amide bonds. The van der Waals surface area contributed by atoms with Crippen LogP contribution in [0.3, 0.4) is 0 Å². The molecule has 2 aromatic heterocycles. The molecular formula is C12H13N5O2S3. The number of carbonyl (C=O) groups is 1. The highest BCUT2D eigenvalue weighted by Crippen LogP contribution is 2.36. The van der Waals surface area contributed by atoms with Crippen molar-refractivity contribution < 1.29 is 9.53 Å². The maximum absolute atomic E-state index is 12.0. The van der Waals surface area contributed by atoms with Gasteiger partial charge in [0.05, 0.1) is 12.2 Å². The fourth-order valence-electron chi connectivity index (χ4n) is 1.61. The van der Waals surface area contributed by atoms with Crippen LogP contribution < -0.4 is 11.1 Å². The van der Waals surface area contributed by atoms with Crippen molar-refractivity contribution in [3.05, 3.63) is 16.0 Å². The van der Waals surface area contributed by atoms with Gasteiger partial charge in [0.25, 0.3) is 0 Å². The Labute approximate surface area is 139 Å². The Morgan fingerprint density at radius 1 is 1.50 bits per heavy atom.